The zero-order valence-corrected chi connectivity index (χ0v) is 30.1. The number of rotatable bonds is 13. The molecule has 0 aromatic heterocycles. The molecule has 0 saturated carbocycles. The lowest BCUT2D eigenvalue weighted by Gasteiger charge is -2.35. The summed E-state index contributed by atoms with van der Waals surface area (Å²) < 4.78 is 54.2. The van der Waals surface area contributed by atoms with E-state index in [1.807, 2.05) is 51.1 Å². The van der Waals surface area contributed by atoms with Crippen LogP contribution in [0, 0.1) is 5.82 Å². The summed E-state index contributed by atoms with van der Waals surface area (Å²) in [4.78, 5) is 29.8. The molecule has 0 radical (unpaired) electrons. The van der Waals surface area contributed by atoms with Gasteiger partial charge in [-0.25, -0.2) is 12.8 Å². The van der Waals surface area contributed by atoms with Gasteiger partial charge in [0.25, 0.3) is 10.0 Å². The Bertz CT molecular complexity index is 1890. The summed E-state index contributed by atoms with van der Waals surface area (Å²) in [7, 11) is -1.70. The third-order valence-corrected chi connectivity index (χ3v) is 9.95. The number of carbonyl (C=O) groups is 2. The summed E-state index contributed by atoms with van der Waals surface area (Å²) in [6.07, 6.45) is 0.120. The Morgan fingerprint density at radius 3 is 2.08 bits per heavy atom. The van der Waals surface area contributed by atoms with Crippen LogP contribution in [-0.2, 0) is 32.6 Å². The van der Waals surface area contributed by atoms with Gasteiger partial charge in [-0.2, -0.15) is 0 Å². The van der Waals surface area contributed by atoms with E-state index in [4.69, 9.17) is 32.7 Å². The van der Waals surface area contributed by atoms with Crippen molar-refractivity contribution in [2.24, 2.45) is 0 Å². The lowest BCUT2D eigenvalue weighted by Crippen LogP contribution is -2.56. The molecule has 4 aromatic rings. The Hall–Kier alpha value is -4.32. The minimum atomic E-state index is -4.48. The molecule has 1 N–H and O–H groups in total. The van der Waals surface area contributed by atoms with Crippen LogP contribution < -0.4 is 19.1 Å². The van der Waals surface area contributed by atoms with Gasteiger partial charge in [-0.15, -0.1) is 0 Å². The Balaban J connectivity index is 1.85. The molecule has 0 bridgehead atoms. The van der Waals surface area contributed by atoms with E-state index in [2.05, 4.69) is 5.32 Å². The van der Waals surface area contributed by atoms with Crippen molar-refractivity contribution >= 4 is 50.7 Å². The van der Waals surface area contributed by atoms with E-state index in [0.717, 1.165) is 22.0 Å². The van der Waals surface area contributed by atoms with Crippen molar-refractivity contribution in [1.29, 1.82) is 0 Å². The summed E-state index contributed by atoms with van der Waals surface area (Å²) >= 11 is 12.5. The first kappa shape index (κ1) is 37.5. The summed E-state index contributed by atoms with van der Waals surface area (Å²) in [5.41, 5.74) is 0.705. The smallest absolute Gasteiger partial charge is 0.264 e. The average Bonchev–Trinajstić information content (AvgIpc) is 3.06. The third kappa shape index (κ3) is 9.65. The summed E-state index contributed by atoms with van der Waals surface area (Å²) in [5, 5.41) is 3.52. The number of halogens is 3. The largest absolute Gasteiger partial charge is 0.493 e. The zero-order valence-electron chi connectivity index (χ0n) is 27.7. The minimum absolute atomic E-state index is 0.0257. The molecule has 260 valence electrons. The fourth-order valence-corrected chi connectivity index (χ4v) is 6.83. The van der Waals surface area contributed by atoms with Crippen molar-refractivity contribution in [2.45, 2.75) is 50.2 Å². The molecule has 0 unspecified atom stereocenters. The average molecular weight is 731 g/mol. The number of carbonyl (C=O) groups excluding carboxylic acids is 2. The van der Waals surface area contributed by atoms with Crippen molar-refractivity contribution in [3.8, 4) is 11.5 Å². The highest BCUT2D eigenvalue weighted by atomic mass is 35.5. The van der Waals surface area contributed by atoms with Gasteiger partial charge >= 0.3 is 0 Å². The number of amides is 2. The predicted octanol–water partition coefficient (Wildman–Crippen LogP) is 6.90. The number of hydrogen-bond donors (Lipinski definition) is 1. The van der Waals surface area contributed by atoms with E-state index < -0.39 is 45.8 Å². The number of nitrogens with one attached hydrogen (secondary N) is 1. The van der Waals surface area contributed by atoms with Crippen molar-refractivity contribution < 1.29 is 31.9 Å². The SMILES string of the molecule is COc1ccc(S(=O)(=O)N(CC(=O)N(Cc2ccc(Cl)c(Cl)c2)[C@@H](Cc2ccccc2)C(=O)NC(C)(C)C)c2ccc(F)cc2)cc1OC. The van der Waals surface area contributed by atoms with E-state index in [9.17, 15) is 22.4 Å². The number of ether oxygens (including phenoxy) is 2. The van der Waals surface area contributed by atoms with Crippen LogP contribution in [0.25, 0.3) is 0 Å². The van der Waals surface area contributed by atoms with Crippen LogP contribution in [0.3, 0.4) is 0 Å². The standard InChI is InChI=1S/C36H38Cl2FN3O6S/c1-36(2,3)40-35(44)31(20-24-9-7-6-8-10-24)41(22-25-11-17-29(37)30(38)19-25)34(43)23-42(27-14-12-26(39)13-15-27)49(45,46)28-16-18-32(47-4)33(21-28)48-5/h6-19,21,31H,20,22-23H2,1-5H3,(H,40,44)/t31-/m0/s1. The number of nitrogens with zero attached hydrogens (tertiary/aromatic N) is 2. The highest BCUT2D eigenvalue weighted by Crippen LogP contribution is 2.33. The van der Waals surface area contributed by atoms with Gasteiger partial charge in [0.15, 0.2) is 11.5 Å². The van der Waals surface area contributed by atoms with Crippen LogP contribution in [0.4, 0.5) is 10.1 Å². The highest BCUT2D eigenvalue weighted by molar-refractivity contribution is 7.92. The molecule has 49 heavy (non-hydrogen) atoms. The molecular weight excluding hydrogens is 692 g/mol. The van der Waals surface area contributed by atoms with Crippen molar-refractivity contribution in [3.63, 3.8) is 0 Å². The van der Waals surface area contributed by atoms with Gasteiger partial charge in [0, 0.05) is 24.6 Å². The second kappa shape index (κ2) is 15.9. The maximum atomic E-state index is 14.6. The van der Waals surface area contributed by atoms with Crippen LogP contribution in [0.5, 0.6) is 11.5 Å². The van der Waals surface area contributed by atoms with Crippen LogP contribution >= 0.6 is 23.2 Å². The molecule has 0 heterocycles. The Labute approximate surface area is 296 Å². The molecule has 0 aliphatic heterocycles. The summed E-state index contributed by atoms with van der Waals surface area (Å²) in [6, 6.07) is 21.7. The first-order chi connectivity index (χ1) is 23.1. The van der Waals surface area contributed by atoms with Crippen LogP contribution in [0.2, 0.25) is 10.0 Å². The Morgan fingerprint density at radius 2 is 1.49 bits per heavy atom. The molecule has 1 atom stereocenters. The maximum Gasteiger partial charge on any atom is 0.264 e. The van der Waals surface area contributed by atoms with Crippen molar-refractivity contribution in [2.75, 3.05) is 25.1 Å². The second-order valence-corrected chi connectivity index (χ2v) is 14.9. The summed E-state index contributed by atoms with van der Waals surface area (Å²) in [5.74, 6) is -1.30. The molecule has 0 aliphatic rings. The Kier molecular flexibility index (Phi) is 12.2. The van der Waals surface area contributed by atoms with Crippen LogP contribution in [0.1, 0.15) is 31.9 Å². The number of hydrogen-bond acceptors (Lipinski definition) is 6. The minimum Gasteiger partial charge on any atom is -0.493 e. The molecule has 0 spiro atoms. The van der Waals surface area contributed by atoms with Gasteiger partial charge in [-0.05, 0) is 80.4 Å². The van der Waals surface area contributed by atoms with E-state index >= 15 is 0 Å². The van der Waals surface area contributed by atoms with Crippen LogP contribution in [-0.4, -0.2) is 57.5 Å². The number of sulfonamides is 1. The van der Waals surface area contributed by atoms with E-state index in [1.54, 1.807) is 18.2 Å². The monoisotopic (exact) mass is 729 g/mol. The van der Waals surface area contributed by atoms with Crippen molar-refractivity contribution in [1.82, 2.24) is 10.2 Å². The van der Waals surface area contributed by atoms with E-state index in [1.165, 1.54) is 49.5 Å². The first-order valence-electron chi connectivity index (χ1n) is 15.2. The predicted molar refractivity (Wildman–Crippen MR) is 189 cm³/mol. The molecule has 2 amide bonds. The van der Waals surface area contributed by atoms with Crippen LogP contribution in [0.15, 0.2) is 95.9 Å². The summed E-state index contributed by atoms with van der Waals surface area (Å²) in [6.45, 7) is 4.61. The van der Waals surface area contributed by atoms with Crippen molar-refractivity contribution in [3.05, 3.63) is 118 Å². The van der Waals surface area contributed by atoms with Gasteiger partial charge in [0.05, 0.1) is 34.8 Å². The maximum absolute atomic E-state index is 14.6. The normalized spacial score (nSPS) is 12.2. The molecule has 4 rings (SSSR count). The van der Waals surface area contributed by atoms with E-state index in [-0.39, 0.29) is 34.3 Å². The molecule has 0 fully saturated rings. The quantitative estimate of drug-likeness (QED) is 0.161. The van der Waals surface area contributed by atoms with Gasteiger partial charge in [-0.3, -0.25) is 13.9 Å². The van der Waals surface area contributed by atoms with Gasteiger partial charge in [0.1, 0.15) is 18.4 Å². The number of methoxy groups -OCH3 is 2. The molecule has 0 saturated heterocycles. The molecular formula is C36H38Cl2FN3O6S. The number of anilines is 1. The molecule has 9 nitrogen and oxygen atoms in total. The molecule has 0 aliphatic carbocycles. The fourth-order valence-electron chi connectivity index (χ4n) is 5.08. The topological polar surface area (TPSA) is 105 Å². The fraction of sp³-hybridized carbons (Fsp3) is 0.278. The lowest BCUT2D eigenvalue weighted by molar-refractivity contribution is -0.140. The first-order valence-corrected chi connectivity index (χ1v) is 17.4. The lowest BCUT2D eigenvalue weighted by atomic mass is 10.0. The van der Waals surface area contributed by atoms with Gasteiger partial charge in [0.2, 0.25) is 11.8 Å². The zero-order chi connectivity index (χ0) is 35.9. The van der Waals surface area contributed by atoms with E-state index in [0.29, 0.717) is 16.3 Å². The van der Waals surface area contributed by atoms with Gasteiger partial charge < -0.3 is 19.7 Å². The highest BCUT2D eigenvalue weighted by Gasteiger charge is 2.36. The second-order valence-electron chi connectivity index (χ2n) is 12.2. The Morgan fingerprint density at radius 1 is 0.837 bits per heavy atom. The molecule has 13 heteroatoms. The van der Waals surface area contributed by atoms with Gasteiger partial charge in [-0.1, -0.05) is 59.6 Å². The number of benzene rings is 4. The molecule has 4 aromatic carbocycles. The third-order valence-electron chi connectivity index (χ3n) is 7.44.